The van der Waals surface area contributed by atoms with E-state index in [4.69, 9.17) is 5.10 Å². The first-order chi connectivity index (χ1) is 11.9. The zero-order chi connectivity index (χ0) is 16.4. The van der Waals surface area contributed by atoms with Gasteiger partial charge in [-0.3, -0.25) is 9.25 Å². The molecule has 1 aromatic carbocycles. The van der Waals surface area contributed by atoms with E-state index in [1.807, 2.05) is 24.4 Å². The van der Waals surface area contributed by atoms with E-state index in [0.717, 1.165) is 48.8 Å². The maximum absolute atomic E-state index is 9.32. The van der Waals surface area contributed by atoms with E-state index in [0.29, 0.717) is 6.42 Å². The molecule has 1 aliphatic rings. The Morgan fingerprint density at radius 2 is 2.17 bits per heavy atom. The molecule has 6 heteroatoms. The number of nitrogens with one attached hydrogen (secondary N) is 1. The fraction of sp³-hybridized carbons (Fsp3) is 0.333. The molecule has 2 aromatic heterocycles. The first-order valence-electron chi connectivity index (χ1n) is 8.37. The van der Waals surface area contributed by atoms with Gasteiger partial charge in [0.2, 0.25) is 0 Å². The number of benzene rings is 1. The van der Waals surface area contributed by atoms with E-state index < -0.39 is 0 Å². The highest BCUT2D eigenvalue weighted by Gasteiger charge is 2.17. The van der Waals surface area contributed by atoms with Crippen LogP contribution in [0.15, 0.2) is 42.7 Å². The van der Waals surface area contributed by atoms with Gasteiger partial charge in [-0.1, -0.05) is 18.2 Å². The molecule has 0 fully saturated rings. The van der Waals surface area contributed by atoms with Gasteiger partial charge in [-0.05, 0) is 37.1 Å². The average Bonchev–Trinajstić information content (AvgIpc) is 3.18. The van der Waals surface area contributed by atoms with Gasteiger partial charge >= 0.3 is 0 Å². The monoisotopic (exact) mass is 323 g/mol. The molecule has 124 valence electrons. The highest BCUT2D eigenvalue weighted by atomic mass is 16.2. The van der Waals surface area contributed by atoms with Crippen LogP contribution in [0.5, 0.6) is 0 Å². The smallest absolute Gasteiger partial charge is 0.165 e. The predicted octanol–water partition coefficient (Wildman–Crippen LogP) is 1.76. The molecular weight excluding hydrogens is 302 g/mol. The second-order valence-corrected chi connectivity index (χ2v) is 6.00. The normalized spacial score (nSPS) is 14.4. The molecule has 3 heterocycles. The molecule has 0 amide bonds. The summed E-state index contributed by atoms with van der Waals surface area (Å²) in [5.41, 5.74) is 4.22. The summed E-state index contributed by atoms with van der Waals surface area (Å²) in [7, 11) is 0. The number of imidazole rings is 1. The summed E-state index contributed by atoms with van der Waals surface area (Å²) in [5.74, 6) is 0.834. The van der Waals surface area contributed by atoms with Crippen molar-refractivity contribution in [1.82, 2.24) is 24.6 Å². The van der Waals surface area contributed by atoms with Crippen molar-refractivity contribution in [1.29, 1.82) is 0 Å². The molecule has 0 spiro atoms. The highest BCUT2D eigenvalue weighted by molar-refractivity contribution is 5.56. The number of hydrogen-bond donors (Lipinski definition) is 2. The Morgan fingerprint density at radius 3 is 3.08 bits per heavy atom. The molecule has 3 aromatic rings. The van der Waals surface area contributed by atoms with Crippen LogP contribution in [-0.4, -0.2) is 37.6 Å². The van der Waals surface area contributed by atoms with Crippen LogP contribution < -0.4 is 5.32 Å². The van der Waals surface area contributed by atoms with Gasteiger partial charge in [0.05, 0.1) is 11.4 Å². The Labute approximate surface area is 140 Å². The number of fused-ring (bicyclic) bond motifs is 1. The van der Waals surface area contributed by atoms with E-state index in [9.17, 15) is 5.11 Å². The van der Waals surface area contributed by atoms with Crippen molar-refractivity contribution in [3.8, 4) is 17.2 Å². The van der Waals surface area contributed by atoms with Crippen LogP contribution in [0.1, 0.15) is 17.7 Å². The summed E-state index contributed by atoms with van der Waals surface area (Å²) in [5, 5.41) is 17.5. The van der Waals surface area contributed by atoms with E-state index in [1.54, 1.807) is 6.20 Å². The van der Waals surface area contributed by atoms with Gasteiger partial charge in [-0.15, -0.1) is 0 Å². The van der Waals surface area contributed by atoms with Crippen molar-refractivity contribution in [3.63, 3.8) is 0 Å². The largest absolute Gasteiger partial charge is 0.396 e. The lowest BCUT2D eigenvalue weighted by atomic mass is 10.1. The Balaban J connectivity index is 1.76. The summed E-state index contributed by atoms with van der Waals surface area (Å²) in [6.45, 7) is 2.94. The molecule has 0 bridgehead atoms. The van der Waals surface area contributed by atoms with Gasteiger partial charge in [-0.2, -0.15) is 5.10 Å². The molecule has 6 nitrogen and oxygen atoms in total. The summed E-state index contributed by atoms with van der Waals surface area (Å²) >= 11 is 0. The molecule has 0 aliphatic carbocycles. The third-order valence-electron chi connectivity index (χ3n) is 4.40. The first kappa shape index (κ1) is 15.1. The molecule has 0 saturated heterocycles. The van der Waals surface area contributed by atoms with Gasteiger partial charge in [0.25, 0.3) is 0 Å². The number of nitrogens with zero attached hydrogens (tertiary/aromatic N) is 4. The van der Waals surface area contributed by atoms with Crippen molar-refractivity contribution in [2.45, 2.75) is 25.9 Å². The molecule has 24 heavy (non-hydrogen) atoms. The van der Waals surface area contributed by atoms with Crippen LogP contribution in [0.25, 0.3) is 17.2 Å². The number of aliphatic hydroxyl groups is 1. The minimum atomic E-state index is 0.130. The van der Waals surface area contributed by atoms with Gasteiger partial charge in [0, 0.05) is 32.1 Å². The molecule has 1 aliphatic heterocycles. The van der Waals surface area contributed by atoms with Crippen LogP contribution in [0.3, 0.4) is 0 Å². The average molecular weight is 323 g/mol. The maximum atomic E-state index is 9.32. The number of para-hydroxylation sites is 1. The molecular formula is C18H21N5O. The van der Waals surface area contributed by atoms with Crippen molar-refractivity contribution in [3.05, 3.63) is 54.0 Å². The lowest BCUT2D eigenvalue weighted by molar-refractivity contribution is 0.299. The van der Waals surface area contributed by atoms with Crippen molar-refractivity contribution >= 4 is 0 Å². The molecule has 4 rings (SSSR count). The molecule has 0 unspecified atom stereocenters. The summed E-state index contributed by atoms with van der Waals surface area (Å²) in [6.07, 6.45) is 5.46. The Bertz CT molecular complexity index is 812. The summed E-state index contributed by atoms with van der Waals surface area (Å²) in [4.78, 5) is 4.54. The number of aromatic nitrogens is 4. The number of aryl methyl sites for hydroxylation is 1. The maximum Gasteiger partial charge on any atom is 0.165 e. The topological polar surface area (TPSA) is 67.9 Å². The molecule has 0 atom stereocenters. The van der Waals surface area contributed by atoms with Gasteiger partial charge in [0.15, 0.2) is 5.82 Å². The van der Waals surface area contributed by atoms with E-state index in [2.05, 4.69) is 31.7 Å². The van der Waals surface area contributed by atoms with Crippen molar-refractivity contribution in [2.24, 2.45) is 0 Å². The highest BCUT2D eigenvalue weighted by Crippen LogP contribution is 2.24. The Morgan fingerprint density at radius 1 is 1.25 bits per heavy atom. The molecule has 0 saturated carbocycles. The lowest BCUT2D eigenvalue weighted by Gasteiger charge is -2.11. The van der Waals surface area contributed by atoms with E-state index in [-0.39, 0.29) is 6.61 Å². The van der Waals surface area contributed by atoms with Crippen molar-refractivity contribution < 1.29 is 5.11 Å². The minimum Gasteiger partial charge on any atom is -0.396 e. The fourth-order valence-electron chi connectivity index (χ4n) is 3.24. The standard InChI is InChI=1S/C18H21N5O/c24-11-6-14-4-1-2-5-17(14)22-10-8-20-18(22)16-12-15-13-19-7-3-9-23(15)21-16/h1-2,4-5,8,10,12,19,24H,3,6-7,9,11,13H2. The second kappa shape index (κ2) is 6.59. The number of hydrogen-bond acceptors (Lipinski definition) is 4. The van der Waals surface area contributed by atoms with E-state index in [1.165, 1.54) is 5.69 Å². The van der Waals surface area contributed by atoms with Crippen LogP contribution in [0.4, 0.5) is 0 Å². The predicted molar refractivity (Wildman–Crippen MR) is 91.9 cm³/mol. The van der Waals surface area contributed by atoms with Crippen LogP contribution in [0, 0.1) is 0 Å². The second-order valence-electron chi connectivity index (χ2n) is 6.00. The number of rotatable bonds is 4. The Kier molecular flexibility index (Phi) is 4.15. The zero-order valence-corrected chi connectivity index (χ0v) is 13.5. The third kappa shape index (κ3) is 2.74. The SMILES string of the molecule is OCCc1ccccc1-n1ccnc1-c1cc2n(n1)CCCNC2. The number of aliphatic hydroxyl groups excluding tert-OH is 1. The lowest BCUT2D eigenvalue weighted by Crippen LogP contribution is -2.11. The zero-order valence-electron chi connectivity index (χ0n) is 13.5. The van der Waals surface area contributed by atoms with Crippen LogP contribution >= 0.6 is 0 Å². The fourth-order valence-corrected chi connectivity index (χ4v) is 3.24. The van der Waals surface area contributed by atoms with E-state index >= 15 is 0 Å². The first-order valence-corrected chi connectivity index (χ1v) is 8.37. The Hall–Kier alpha value is -2.44. The summed E-state index contributed by atoms with van der Waals surface area (Å²) in [6, 6.07) is 10.2. The van der Waals surface area contributed by atoms with Crippen LogP contribution in [-0.2, 0) is 19.5 Å². The molecule has 2 N–H and O–H groups in total. The quantitative estimate of drug-likeness (QED) is 0.768. The third-order valence-corrected chi connectivity index (χ3v) is 4.40. The van der Waals surface area contributed by atoms with Gasteiger partial charge in [0.1, 0.15) is 5.69 Å². The summed E-state index contributed by atoms with van der Waals surface area (Å²) < 4.78 is 4.13. The van der Waals surface area contributed by atoms with Crippen LogP contribution in [0.2, 0.25) is 0 Å². The minimum absolute atomic E-state index is 0.130. The van der Waals surface area contributed by atoms with Gasteiger partial charge < -0.3 is 10.4 Å². The molecule has 0 radical (unpaired) electrons. The van der Waals surface area contributed by atoms with Crippen molar-refractivity contribution in [2.75, 3.05) is 13.2 Å². The van der Waals surface area contributed by atoms with Gasteiger partial charge in [-0.25, -0.2) is 4.98 Å².